The van der Waals surface area contributed by atoms with E-state index in [2.05, 4.69) is 25.8 Å². The predicted octanol–water partition coefficient (Wildman–Crippen LogP) is 1.47. The van der Waals surface area contributed by atoms with Crippen molar-refractivity contribution in [3.05, 3.63) is 0 Å². The van der Waals surface area contributed by atoms with Gasteiger partial charge in [-0.3, -0.25) is 24.4 Å². The molecule has 6 nitrogen and oxygen atoms in total. The molecule has 2 fully saturated rings. The van der Waals surface area contributed by atoms with E-state index in [0.717, 1.165) is 12.8 Å². The predicted molar refractivity (Wildman–Crippen MR) is 96.7 cm³/mol. The van der Waals surface area contributed by atoms with Crippen LogP contribution in [0.4, 0.5) is 0 Å². The maximum atomic E-state index is 12.3. The van der Waals surface area contributed by atoms with Crippen LogP contribution in [0.25, 0.3) is 0 Å². The number of nitrogens with zero attached hydrogens (tertiary/aromatic N) is 3. The third-order valence-corrected chi connectivity index (χ3v) is 5.46. The molecule has 0 bridgehead atoms. The summed E-state index contributed by atoms with van der Waals surface area (Å²) in [5.74, 6) is -1.61. The molecule has 2 amide bonds. The number of aliphatic hydroxyl groups is 1. The maximum absolute atomic E-state index is 12.3. The van der Waals surface area contributed by atoms with Crippen LogP contribution in [-0.4, -0.2) is 64.8 Å². The molecule has 2 aliphatic rings. The van der Waals surface area contributed by atoms with E-state index in [4.69, 9.17) is 12.2 Å². The highest BCUT2D eigenvalue weighted by atomic mass is 32.1. The molecule has 1 saturated carbocycles. The van der Waals surface area contributed by atoms with E-state index in [1.54, 1.807) is 14.1 Å². The molecule has 1 saturated heterocycles. The second kappa shape index (κ2) is 6.52. The molecule has 2 atom stereocenters. The van der Waals surface area contributed by atoms with E-state index in [9.17, 15) is 14.7 Å². The molecular weight excluding hydrogens is 326 g/mol. The zero-order valence-corrected chi connectivity index (χ0v) is 15.9. The summed E-state index contributed by atoms with van der Waals surface area (Å²) in [6, 6.07) is 0. The van der Waals surface area contributed by atoms with Gasteiger partial charge in [0.25, 0.3) is 0 Å². The van der Waals surface area contributed by atoms with Gasteiger partial charge in [-0.15, -0.1) is 0 Å². The summed E-state index contributed by atoms with van der Waals surface area (Å²) in [5, 5.41) is 10.3. The molecule has 7 heteroatoms. The number of amides is 2. The van der Waals surface area contributed by atoms with Crippen molar-refractivity contribution in [2.24, 2.45) is 21.7 Å². The van der Waals surface area contributed by atoms with Crippen LogP contribution in [0.5, 0.6) is 0 Å². The van der Waals surface area contributed by atoms with Gasteiger partial charge in [0.1, 0.15) is 0 Å². The zero-order chi connectivity index (χ0) is 18.3. The van der Waals surface area contributed by atoms with Gasteiger partial charge in [0.2, 0.25) is 11.8 Å². The number of hydrogen-bond acceptors (Lipinski definition) is 5. The Morgan fingerprint density at radius 1 is 1.21 bits per heavy atom. The number of rotatable bonds is 3. The molecule has 0 aromatic carbocycles. The molecule has 0 aromatic heterocycles. The van der Waals surface area contributed by atoms with Gasteiger partial charge in [0.05, 0.1) is 6.10 Å². The molecule has 1 heterocycles. The van der Waals surface area contributed by atoms with Gasteiger partial charge >= 0.3 is 0 Å². The topological polar surface area (TPSA) is 73.2 Å². The third-order valence-electron chi connectivity index (χ3n) is 4.92. The Morgan fingerprint density at radius 2 is 1.75 bits per heavy atom. The lowest BCUT2D eigenvalue weighted by atomic mass is 9.63. The molecule has 134 valence electrons. The first kappa shape index (κ1) is 19.0. The molecule has 0 radical (unpaired) electrons. The van der Waals surface area contributed by atoms with Crippen molar-refractivity contribution in [1.29, 1.82) is 0 Å². The van der Waals surface area contributed by atoms with E-state index < -0.39 is 5.92 Å². The van der Waals surface area contributed by atoms with Gasteiger partial charge in [-0.25, -0.2) is 0 Å². The van der Waals surface area contributed by atoms with Crippen LogP contribution >= 0.6 is 12.2 Å². The first-order valence-corrected chi connectivity index (χ1v) is 8.64. The zero-order valence-electron chi connectivity index (χ0n) is 15.1. The summed E-state index contributed by atoms with van der Waals surface area (Å²) in [6.45, 7) is 6.89. The number of hydrogen-bond donors (Lipinski definition) is 1. The summed E-state index contributed by atoms with van der Waals surface area (Å²) in [7, 11) is 3.13. The molecule has 0 unspecified atom stereocenters. The van der Waals surface area contributed by atoms with Crippen LogP contribution in [-0.2, 0) is 9.59 Å². The van der Waals surface area contributed by atoms with Gasteiger partial charge in [-0.2, -0.15) is 0 Å². The Morgan fingerprint density at radius 3 is 2.25 bits per heavy atom. The van der Waals surface area contributed by atoms with Crippen molar-refractivity contribution in [1.82, 2.24) is 9.80 Å². The van der Waals surface area contributed by atoms with E-state index in [1.165, 1.54) is 16.0 Å². The number of aliphatic imine (C=N–C) groups is 1. The summed E-state index contributed by atoms with van der Waals surface area (Å²) in [5.41, 5.74) is -0.0728. The summed E-state index contributed by atoms with van der Waals surface area (Å²) in [6.07, 6.45) is 3.54. The lowest BCUT2D eigenvalue weighted by molar-refractivity contribution is -0.142. The highest BCUT2D eigenvalue weighted by Gasteiger charge is 2.42. The SMILES string of the molecule is CN1C(=O)C(C=NC[C@]2(C)C[C@H](O)CC(C)(C)C2)C(=O)N(C)C1=S. The first-order chi connectivity index (χ1) is 11.0. The van der Waals surface area contributed by atoms with Gasteiger partial charge in [-0.05, 0) is 42.3 Å². The Kier molecular flexibility index (Phi) is 5.16. The fourth-order valence-electron chi connectivity index (χ4n) is 4.14. The molecule has 2 rings (SSSR count). The minimum atomic E-state index is -0.920. The number of thiocarbonyl (C=S) groups is 1. The van der Waals surface area contributed by atoms with Crippen LogP contribution in [0.1, 0.15) is 40.0 Å². The smallest absolute Gasteiger partial charge is 0.246 e. The second-order valence-electron chi connectivity index (χ2n) is 8.26. The standard InChI is InChI=1S/C17H27N3O3S/c1-16(2)6-11(21)7-17(3,9-16)10-18-8-12-13(22)19(4)15(24)20(5)14(12)23/h8,11-12,21H,6-7,9-10H2,1-5H3/t11-,17-/m1/s1. The van der Waals surface area contributed by atoms with Crippen LogP contribution in [0, 0.1) is 16.7 Å². The summed E-state index contributed by atoms with van der Waals surface area (Å²) < 4.78 is 0. The Hall–Kier alpha value is -1.34. The van der Waals surface area contributed by atoms with Crippen molar-refractivity contribution in [2.75, 3.05) is 20.6 Å². The molecular formula is C17H27N3O3S. The fraction of sp³-hybridized carbons (Fsp3) is 0.765. The van der Waals surface area contributed by atoms with Gasteiger partial charge in [-0.1, -0.05) is 20.8 Å². The van der Waals surface area contributed by atoms with Crippen molar-refractivity contribution in [2.45, 2.75) is 46.1 Å². The van der Waals surface area contributed by atoms with Crippen LogP contribution in [0.15, 0.2) is 4.99 Å². The fourth-order valence-corrected chi connectivity index (χ4v) is 4.32. The number of aliphatic hydroxyl groups excluding tert-OH is 1. The summed E-state index contributed by atoms with van der Waals surface area (Å²) >= 11 is 5.07. The average molecular weight is 353 g/mol. The Bertz CT molecular complexity index is 566. The van der Waals surface area contributed by atoms with Crippen LogP contribution < -0.4 is 0 Å². The van der Waals surface area contributed by atoms with E-state index >= 15 is 0 Å². The highest BCUT2D eigenvalue weighted by Crippen LogP contribution is 2.46. The van der Waals surface area contributed by atoms with Gasteiger partial charge < -0.3 is 5.11 Å². The Labute approximate surface area is 148 Å². The van der Waals surface area contributed by atoms with Crippen LogP contribution in [0.3, 0.4) is 0 Å². The highest BCUT2D eigenvalue weighted by molar-refractivity contribution is 7.80. The normalized spacial score (nSPS) is 32.1. The molecule has 0 spiro atoms. The quantitative estimate of drug-likeness (QED) is 0.474. The first-order valence-electron chi connectivity index (χ1n) is 8.23. The van der Waals surface area contributed by atoms with Gasteiger partial charge in [0.15, 0.2) is 11.0 Å². The van der Waals surface area contributed by atoms with Gasteiger partial charge in [0, 0.05) is 26.9 Å². The van der Waals surface area contributed by atoms with Crippen molar-refractivity contribution in [3.8, 4) is 0 Å². The monoisotopic (exact) mass is 353 g/mol. The van der Waals surface area contributed by atoms with Crippen molar-refractivity contribution < 1.29 is 14.7 Å². The van der Waals surface area contributed by atoms with Crippen molar-refractivity contribution in [3.63, 3.8) is 0 Å². The maximum Gasteiger partial charge on any atom is 0.246 e. The number of carbonyl (C=O) groups excluding carboxylic acids is 2. The summed E-state index contributed by atoms with van der Waals surface area (Å²) in [4.78, 5) is 31.6. The number of carbonyl (C=O) groups is 2. The molecule has 1 aliphatic carbocycles. The molecule has 1 aliphatic heterocycles. The minimum absolute atomic E-state index is 0.0606. The van der Waals surface area contributed by atoms with E-state index in [0.29, 0.717) is 13.0 Å². The molecule has 0 aromatic rings. The molecule has 24 heavy (non-hydrogen) atoms. The largest absolute Gasteiger partial charge is 0.393 e. The van der Waals surface area contributed by atoms with Crippen LogP contribution in [0.2, 0.25) is 0 Å². The Balaban J connectivity index is 2.09. The minimum Gasteiger partial charge on any atom is -0.393 e. The lowest BCUT2D eigenvalue weighted by Crippen LogP contribution is -2.57. The lowest BCUT2D eigenvalue weighted by Gasteiger charge is -2.44. The van der Waals surface area contributed by atoms with E-state index in [1.807, 2.05) is 0 Å². The van der Waals surface area contributed by atoms with E-state index in [-0.39, 0.29) is 33.9 Å². The average Bonchev–Trinajstić information content (AvgIpc) is 2.44. The van der Waals surface area contributed by atoms with Crippen molar-refractivity contribution >= 4 is 35.4 Å². The third kappa shape index (κ3) is 3.83. The second-order valence-corrected chi connectivity index (χ2v) is 8.62. The molecule has 1 N–H and O–H groups in total.